The van der Waals surface area contributed by atoms with Gasteiger partial charge in [-0.1, -0.05) is 18.2 Å². The first-order chi connectivity index (χ1) is 10.3. The van der Waals surface area contributed by atoms with Crippen molar-refractivity contribution in [2.45, 2.75) is 25.3 Å². The van der Waals surface area contributed by atoms with Crippen molar-refractivity contribution >= 4 is 5.91 Å². The van der Waals surface area contributed by atoms with Crippen LogP contribution in [0, 0.1) is 0 Å². The summed E-state index contributed by atoms with van der Waals surface area (Å²) in [5.41, 5.74) is 0.926. The normalized spacial score (nSPS) is 18.0. The number of hydrogen-bond donors (Lipinski definition) is 1. The summed E-state index contributed by atoms with van der Waals surface area (Å²) in [6.45, 7) is 0.791. The van der Waals surface area contributed by atoms with Gasteiger partial charge in [0.1, 0.15) is 11.6 Å². The van der Waals surface area contributed by atoms with Gasteiger partial charge in [-0.15, -0.1) is 0 Å². The van der Waals surface area contributed by atoms with Crippen LogP contribution in [0.3, 0.4) is 0 Å². The summed E-state index contributed by atoms with van der Waals surface area (Å²) in [7, 11) is 1.63. The van der Waals surface area contributed by atoms with Crippen LogP contribution in [0.25, 0.3) is 0 Å². The molecule has 1 unspecified atom stereocenters. The first kappa shape index (κ1) is 13.7. The van der Waals surface area contributed by atoms with Crippen LogP contribution in [0.2, 0.25) is 0 Å². The zero-order chi connectivity index (χ0) is 14.7. The number of para-hydroxylation sites is 1. The Morgan fingerprint density at radius 3 is 3.10 bits per heavy atom. The second-order valence-corrected chi connectivity index (χ2v) is 5.21. The Labute approximate surface area is 124 Å². The maximum atomic E-state index is 12.6. The van der Waals surface area contributed by atoms with E-state index in [1.165, 1.54) is 0 Å². The third-order valence-corrected chi connectivity index (χ3v) is 3.94. The van der Waals surface area contributed by atoms with E-state index in [0.29, 0.717) is 6.42 Å². The summed E-state index contributed by atoms with van der Waals surface area (Å²) in [5, 5.41) is 0. The Hall–Kier alpha value is -2.30. The fraction of sp³-hybridized carbons (Fsp3) is 0.375. The Morgan fingerprint density at radius 1 is 1.48 bits per heavy atom. The van der Waals surface area contributed by atoms with Gasteiger partial charge in [-0.3, -0.25) is 4.79 Å². The molecule has 0 radical (unpaired) electrons. The van der Waals surface area contributed by atoms with Gasteiger partial charge >= 0.3 is 0 Å². The summed E-state index contributed by atoms with van der Waals surface area (Å²) < 4.78 is 5.32. The lowest BCUT2D eigenvalue weighted by molar-refractivity contribution is -0.131. The van der Waals surface area contributed by atoms with E-state index in [1.807, 2.05) is 29.2 Å². The lowest BCUT2D eigenvalue weighted by Gasteiger charge is -2.23. The number of likely N-dealkylation sites (tertiary alicyclic amines) is 1. The highest BCUT2D eigenvalue weighted by molar-refractivity contribution is 5.80. The molecule has 0 saturated carbocycles. The Kier molecular flexibility index (Phi) is 3.90. The van der Waals surface area contributed by atoms with Crippen molar-refractivity contribution in [1.82, 2.24) is 14.9 Å². The highest BCUT2D eigenvalue weighted by Gasteiger charge is 2.31. The van der Waals surface area contributed by atoms with Crippen molar-refractivity contribution in [3.63, 3.8) is 0 Å². The number of aromatic amines is 1. The average molecular weight is 285 g/mol. The molecular weight excluding hydrogens is 266 g/mol. The molecule has 21 heavy (non-hydrogen) atoms. The Balaban J connectivity index is 1.75. The van der Waals surface area contributed by atoms with Crippen LogP contribution in [0.1, 0.15) is 30.3 Å². The van der Waals surface area contributed by atoms with Crippen LogP contribution in [-0.4, -0.2) is 34.4 Å². The third kappa shape index (κ3) is 2.77. The molecule has 1 aromatic heterocycles. The fourth-order valence-corrected chi connectivity index (χ4v) is 2.92. The van der Waals surface area contributed by atoms with Crippen molar-refractivity contribution in [2.24, 2.45) is 0 Å². The second kappa shape index (κ2) is 5.99. The molecule has 1 N–H and O–H groups in total. The molecule has 2 aromatic rings. The molecule has 0 bridgehead atoms. The lowest BCUT2D eigenvalue weighted by Crippen LogP contribution is -2.32. The molecule has 5 heteroatoms. The number of hydrogen-bond acceptors (Lipinski definition) is 3. The topological polar surface area (TPSA) is 58.2 Å². The first-order valence-electron chi connectivity index (χ1n) is 7.20. The maximum Gasteiger partial charge on any atom is 0.227 e. The van der Waals surface area contributed by atoms with Crippen molar-refractivity contribution in [3.05, 3.63) is 48.0 Å². The van der Waals surface area contributed by atoms with Gasteiger partial charge in [0.2, 0.25) is 5.91 Å². The minimum Gasteiger partial charge on any atom is -0.496 e. The largest absolute Gasteiger partial charge is 0.496 e. The minimum atomic E-state index is 0.0715. The molecule has 1 aromatic carbocycles. The van der Waals surface area contributed by atoms with E-state index in [1.54, 1.807) is 19.5 Å². The second-order valence-electron chi connectivity index (χ2n) is 5.21. The number of nitrogens with one attached hydrogen (secondary N) is 1. The van der Waals surface area contributed by atoms with Gasteiger partial charge in [0.15, 0.2) is 0 Å². The fourth-order valence-electron chi connectivity index (χ4n) is 2.92. The van der Waals surface area contributed by atoms with E-state index in [2.05, 4.69) is 9.97 Å². The molecule has 1 amide bonds. The van der Waals surface area contributed by atoms with Crippen LogP contribution in [0.4, 0.5) is 0 Å². The first-order valence-corrected chi connectivity index (χ1v) is 7.20. The molecule has 110 valence electrons. The number of amides is 1. The molecule has 1 saturated heterocycles. The van der Waals surface area contributed by atoms with E-state index in [0.717, 1.165) is 36.5 Å². The molecule has 1 fully saturated rings. The number of imidazole rings is 1. The van der Waals surface area contributed by atoms with Gasteiger partial charge in [-0.25, -0.2) is 4.98 Å². The quantitative estimate of drug-likeness (QED) is 0.938. The van der Waals surface area contributed by atoms with Gasteiger partial charge in [0, 0.05) is 24.5 Å². The molecule has 3 rings (SSSR count). The Morgan fingerprint density at radius 2 is 2.33 bits per heavy atom. The number of ether oxygens (including phenoxy) is 1. The van der Waals surface area contributed by atoms with E-state index in [-0.39, 0.29) is 11.9 Å². The standard InChI is InChI=1S/C16H19N3O2/c1-21-14-7-3-2-5-12(14)11-15(20)19-10-4-6-13(19)16-17-8-9-18-16/h2-3,5,7-9,13H,4,6,10-11H2,1H3,(H,17,18). The SMILES string of the molecule is COc1ccccc1CC(=O)N1CCCC1c1ncc[nH]1. The van der Waals surface area contributed by atoms with Gasteiger partial charge in [-0.2, -0.15) is 0 Å². The molecule has 5 nitrogen and oxygen atoms in total. The smallest absolute Gasteiger partial charge is 0.227 e. The van der Waals surface area contributed by atoms with Gasteiger partial charge < -0.3 is 14.6 Å². The van der Waals surface area contributed by atoms with Crippen LogP contribution < -0.4 is 4.74 Å². The summed E-state index contributed by atoms with van der Waals surface area (Å²) >= 11 is 0. The predicted octanol–water partition coefficient (Wildman–Crippen LogP) is 2.32. The van der Waals surface area contributed by atoms with Gasteiger partial charge in [0.25, 0.3) is 0 Å². The minimum absolute atomic E-state index is 0.0715. The number of aromatic nitrogens is 2. The molecule has 0 aliphatic carbocycles. The molecule has 2 heterocycles. The number of carbonyl (C=O) groups excluding carboxylic acids is 1. The molecule has 1 aliphatic heterocycles. The van der Waals surface area contributed by atoms with Crippen LogP contribution in [-0.2, 0) is 11.2 Å². The zero-order valence-electron chi connectivity index (χ0n) is 12.1. The van der Waals surface area contributed by atoms with E-state index >= 15 is 0 Å². The van der Waals surface area contributed by atoms with Crippen LogP contribution in [0.5, 0.6) is 5.75 Å². The monoisotopic (exact) mass is 285 g/mol. The molecule has 1 aliphatic rings. The molecular formula is C16H19N3O2. The zero-order valence-corrected chi connectivity index (χ0v) is 12.1. The predicted molar refractivity (Wildman–Crippen MR) is 79.0 cm³/mol. The number of H-pyrrole nitrogens is 1. The van der Waals surface area contributed by atoms with Crippen LogP contribution >= 0.6 is 0 Å². The summed E-state index contributed by atoms with van der Waals surface area (Å²) in [5.74, 6) is 1.76. The van der Waals surface area contributed by atoms with Crippen molar-refractivity contribution in [1.29, 1.82) is 0 Å². The van der Waals surface area contributed by atoms with Crippen molar-refractivity contribution in [2.75, 3.05) is 13.7 Å². The summed E-state index contributed by atoms with van der Waals surface area (Å²) in [4.78, 5) is 22.0. The number of methoxy groups -OCH3 is 1. The molecule has 1 atom stereocenters. The van der Waals surface area contributed by atoms with Crippen molar-refractivity contribution in [3.8, 4) is 5.75 Å². The summed E-state index contributed by atoms with van der Waals surface area (Å²) in [6.07, 6.45) is 5.88. The maximum absolute atomic E-state index is 12.6. The number of nitrogens with zero attached hydrogens (tertiary/aromatic N) is 2. The van der Waals surface area contributed by atoms with Crippen molar-refractivity contribution < 1.29 is 9.53 Å². The highest BCUT2D eigenvalue weighted by atomic mass is 16.5. The van der Waals surface area contributed by atoms with Gasteiger partial charge in [0.05, 0.1) is 19.6 Å². The lowest BCUT2D eigenvalue weighted by atomic mass is 10.1. The number of benzene rings is 1. The third-order valence-electron chi connectivity index (χ3n) is 3.94. The summed E-state index contributed by atoms with van der Waals surface area (Å²) in [6, 6.07) is 7.74. The van der Waals surface area contributed by atoms with Crippen LogP contribution in [0.15, 0.2) is 36.7 Å². The molecule has 0 spiro atoms. The Bertz CT molecular complexity index is 610. The average Bonchev–Trinajstić information content (AvgIpc) is 3.18. The number of rotatable bonds is 4. The van der Waals surface area contributed by atoms with E-state index in [4.69, 9.17) is 4.74 Å². The highest BCUT2D eigenvalue weighted by Crippen LogP contribution is 2.31. The van der Waals surface area contributed by atoms with Gasteiger partial charge in [-0.05, 0) is 18.9 Å². The number of carbonyl (C=O) groups is 1. The van der Waals surface area contributed by atoms with E-state index < -0.39 is 0 Å². The van der Waals surface area contributed by atoms with E-state index in [9.17, 15) is 4.79 Å².